The van der Waals surface area contributed by atoms with Gasteiger partial charge >= 0.3 is 0 Å². The molecule has 1 amide bonds. The molecule has 0 heterocycles. The fraction of sp³-hybridized carbons (Fsp3) is 0.235. The molecule has 0 aliphatic heterocycles. The third kappa shape index (κ3) is 4.23. The van der Waals surface area contributed by atoms with Gasteiger partial charge in [0, 0.05) is 12.7 Å². The molecule has 1 N–H and O–H groups in total. The summed E-state index contributed by atoms with van der Waals surface area (Å²) in [5.74, 6) is 0.820. The zero-order valence-corrected chi connectivity index (χ0v) is 12.4. The third-order valence-electron chi connectivity index (χ3n) is 3.07. The lowest BCUT2D eigenvalue weighted by Gasteiger charge is -2.18. The Morgan fingerprint density at radius 2 is 1.59 bits per heavy atom. The fourth-order valence-corrected chi connectivity index (χ4v) is 1.88. The van der Waals surface area contributed by atoms with E-state index in [0.29, 0.717) is 11.5 Å². The van der Waals surface area contributed by atoms with Crippen molar-refractivity contribution in [2.24, 2.45) is 0 Å². The molecule has 0 radical (unpaired) electrons. The molecule has 2 aromatic rings. The number of para-hydroxylation sites is 3. The van der Waals surface area contributed by atoms with Gasteiger partial charge in [-0.3, -0.25) is 4.79 Å². The van der Waals surface area contributed by atoms with Crippen LogP contribution in [0.15, 0.2) is 54.6 Å². The molecule has 0 aliphatic carbocycles. The van der Waals surface area contributed by atoms with Crippen LogP contribution in [0.25, 0.3) is 0 Å². The molecule has 0 aromatic heterocycles. The predicted molar refractivity (Wildman–Crippen MR) is 84.4 cm³/mol. The average Bonchev–Trinajstić information content (AvgIpc) is 2.58. The number of aliphatic hydroxyl groups is 1. The zero-order chi connectivity index (χ0) is 15.8. The summed E-state index contributed by atoms with van der Waals surface area (Å²) in [6.07, 6.45) is 0. The molecule has 5 heteroatoms. The first-order chi connectivity index (χ1) is 10.7. The van der Waals surface area contributed by atoms with Gasteiger partial charge in [-0.2, -0.15) is 0 Å². The molecule has 0 saturated carbocycles. The van der Waals surface area contributed by atoms with Gasteiger partial charge in [0.15, 0.2) is 18.1 Å². The maximum Gasteiger partial charge on any atom is 0.264 e. The van der Waals surface area contributed by atoms with Crippen LogP contribution in [-0.2, 0) is 4.79 Å². The van der Waals surface area contributed by atoms with Crippen molar-refractivity contribution in [2.45, 2.75) is 0 Å². The van der Waals surface area contributed by atoms with Crippen molar-refractivity contribution in [1.29, 1.82) is 0 Å². The molecular formula is C17H19NO4. The second-order valence-corrected chi connectivity index (χ2v) is 4.60. The number of hydrogen-bond acceptors (Lipinski definition) is 4. The highest BCUT2D eigenvalue weighted by Gasteiger charge is 2.13. The molecule has 2 aromatic carbocycles. The van der Waals surface area contributed by atoms with Gasteiger partial charge in [0.1, 0.15) is 6.61 Å². The Labute approximate surface area is 129 Å². The summed E-state index contributed by atoms with van der Waals surface area (Å²) in [5, 5.41) is 8.81. The quantitative estimate of drug-likeness (QED) is 0.851. The molecule has 0 bridgehead atoms. The summed E-state index contributed by atoms with van der Waals surface area (Å²) in [5.41, 5.74) is 0.806. The van der Waals surface area contributed by atoms with E-state index in [0.717, 1.165) is 5.69 Å². The predicted octanol–water partition coefficient (Wildman–Crippen LogP) is 2.10. The second-order valence-electron chi connectivity index (χ2n) is 4.60. The van der Waals surface area contributed by atoms with E-state index in [-0.39, 0.29) is 25.7 Å². The van der Waals surface area contributed by atoms with E-state index in [1.54, 1.807) is 31.3 Å². The fourth-order valence-electron chi connectivity index (χ4n) is 1.88. The van der Waals surface area contributed by atoms with Crippen LogP contribution in [0.4, 0.5) is 5.69 Å². The van der Waals surface area contributed by atoms with Crippen molar-refractivity contribution < 1.29 is 19.4 Å². The van der Waals surface area contributed by atoms with Crippen molar-refractivity contribution in [3.05, 3.63) is 54.6 Å². The number of amides is 1. The number of likely N-dealkylation sites (N-methyl/N-ethyl adjacent to an activating group) is 1. The van der Waals surface area contributed by atoms with Gasteiger partial charge in [-0.1, -0.05) is 30.3 Å². The number of aliphatic hydroxyl groups excluding tert-OH is 1. The summed E-state index contributed by atoms with van der Waals surface area (Å²) < 4.78 is 10.9. The molecule has 0 atom stereocenters. The Kier molecular flexibility index (Phi) is 5.80. The molecular weight excluding hydrogens is 282 g/mol. The summed E-state index contributed by atoms with van der Waals surface area (Å²) in [4.78, 5) is 13.7. The van der Waals surface area contributed by atoms with E-state index in [2.05, 4.69) is 0 Å². The summed E-state index contributed by atoms with van der Waals surface area (Å²) in [6.45, 7) is 0.00708. The second kappa shape index (κ2) is 8.05. The number of hydrogen-bond donors (Lipinski definition) is 1. The number of carbonyl (C=O) groups excluding carboxylic acids is 1. The highest BCUT2D eigenvalue weighted by molar-refractivity contribution is 5.93. The highest BCUT2D eigenvalue weighted by Crippen LogP contribution is 2.26. The molecule has 2 rings (SSSR count). The van der Waals surface area contributed by atoms with Crippen molar-refractivity contribution in [2.75, 3.05) is 31.8 Å². The average molecular weight is 301 g/mol. The first kappa shape index (κ1) is 15.9. The Morgan fingerprint density at radius 3 is 2.23 bits per heavy atom. The van der Waals surface area contributed by atoms with Gasteiger partial charge < -0.3 is 19.5 Å². The van der Waals surface area contributed by atoms with Gasteiger partial charge in [0.05, 0.1) is 6.61 Å². The Bertz CT molecular complexity index is 601. The Balaban J connectivity index is 1.96. The van der Waals surface area contributed by atoms with Crippen LogP contribution in [-0.4, -0.2) is 37.9 Å². The monoisotopic (exact) mass is 301 g/mol. The van der Waals surface area contributed by atoms with Crippen LogP contribution >= 0.6 is 0 Å². The zero-order valence-electron chi connectivity index (χ0n) is 12.4. The van der Waals surface area contributed by atoms with Crippen LogP contribution in [0.1, 0.15) is 0 Å². The van der Waals surface area contributed by atoms with Crippen LogP contribution < -0.4 is 14.4 Å². The van der Waals surface area contributed by atoms with Gasteiger partial charge in [-0.25, -0.2) is 0 Å². The van der Waals surface area contributed by atoms with Crippen LogP contribution in [0, 0.1) is 0 Å². The number of anilines is 1. The van der Waals surface area contributed by atoms with Gasteiger partial charge in [0.2, 0.25) is 0 Å². The van der Waals surface area contributed by atoms with Gasteiger partial charge in [0.25, 0.3) is 5.91 Å². The molecule has 5 nitrogen and oxygen atoms in total. The summed E-state index contributed by atoms with van der Waals surface area (Å²) in [6, 6.07) is 16.4. The summed E-state index contributed by atoms with van der Waals surface area (Å²) in [7, 11) is 1.70. The number of rotatable bonds is 7. The van der Waals surface area contributed by atoms with Gasteiger partial charge in [-0.05, 0) is 24.3 Å². The van der Waals surface area contributed by atoms with E-state index < -0.39 is 0 Å². The SMILES string of the molecule is CN(C(=O)COc1ccccc1OCCO)c1ccccc1. The minimum Gasteiger partial charge on any atom is -0.487 e. The molecule has 0 spiro atoms. The van der Waals surface area contributed by atoms with E-state index in [1.807, 2.05) is 30.3 Å². The van der Waals surface area contributed by atoms with E-state index in [1.165, 1.54) is 4.90 Å². The largest absolute Gasteiger partial charge is 0.487 e. The maximum absolute atomic E-state index is 12.2. The lowest BCUT2D eigenvalue weighted by molar-refractivity contribution is -0.120. The first-order valence-corrected chi connectivity index (χ1v) is 6.99. The van der Waals surface area contributed by atoms with Crippen LogP contribution in [0.2, 0.25) is 0 Å². The Hall–Kier alpha value is -2.53. The van der Waals surface area contributed by atoms with Gasteiger partial charge in [-0.15, -0.1) is 0 Å². The number of nitrogens with zero attached hydrogens (tertiary/aromatic N) is 1. The molecule has 22 heavy (non-hydrogen) atoms. The van der Waals surface area contributed by atoms with E-state index in [9.17, 15) is 4.79 Å². The standard InChI is InChI=1S/C17H19NO4/c1-18(14-7-3-2-4-8-14)17(20)13-22-16-10-6-5-9-15(16)21-12-11-19/h2-10,19H,11-13H2,1H3. The molecule has 0 aliphatic rings. The van der Waals surface area contributed by atoms with E-state index in [4.69, 9.17) is 14.6 Å². The van der Waals surface area contributed by atoms with Crippen LogP contribution in [0.3, 0.4) is 0 Å². The third-order valence-corrected chi connectivity index (χ3v) is 3.07. The highest BCUT2D eigenvalue weighted by atomic mass is 16.5. The molecule has 0 saturated heterocycles. The smallest absolute Gasteiger partial charge is 0.264 e. The van der Waals surface area contributed by atoms with Crippen molar-refractivity contribution in [3.8, 4) is 11.5 Å². The number of carbonyl (C=O) groups is 1. The first-order valence-electron chi connectivity index (χ1n) is 6.99. The van der Waals surface area contributed by atoms with Crippen LogP contribution in [0.5, 0.6) is 11.5 Å². The normalized spacial score (nSPS) is 10.1. The molecule has 0 unspecified atom stereocenters. The maximum atomic E-state index is 12.2. The number of ether oxygens (including phenoxy) is 2. The van der Waals surface area contributed by atoms with Crippen molar-refractivity contribution in [1.82, 2.24) is 0 Å². The minimum absolute atomic E-state index is 0.0794. The topological polar surface area (TPSA) is 59.0 Å². The minimum atomic E-state index is -0.164. The number of benzene rings is 2. The lowest BCUT2D eigenvalue weighted by Crippen LogP contribution is -2.31. The summed E-state index contributed by atoms with van der Waals surface area (Å²) >= 11 is 0. The van der Waals surface area contributed by atoms with E-state index >= 15 is 0 Å². The Morgan fingerprint density at radius 1 is 1.00 bits per heavy atom. The van der Waals surface area contributed by atoms with Crippen molar-refractivity contribution >= 4 is 11.6 Å². The van der Waals surface area contributed by atoms with Crippen molar-refractivity contribution in [3.63, 3.8) is 0 Å². The molecule has 116 valence electrons. The lowest BCUT2D eigenvalue weighted by atomic mass is 10.3. The molecule has 0 fully saturated rings.